The standard InChI is InChI=1S/C28H27N5O/c34-27(24-2-1-3-26-23(24)8-11-31-26)19-6-9-28(10-7-19,15-22-17-30-18-33-22)21-4-5-25-20(14-21)16-29-12-13-32-25/h1-5,8,11-14,16-19,31-32H,6-7,9-10,15H2,(H,30,33). The van der Waals surface area contributed by atoms with Gasteiger partial charge in [0.1, 0.15) is 0 Å². The van der Waals surface area contributed by atoms with Crippen LogP contribution in [0.5, 0.6) is 0 Å². The van der Waals surface area contributed by atoms with Crippen molar-refractivity contribution in [1.82, 2.24) is 15.0 Å². The first kappa shape index (κ1) is 20.7. The van der Waals surface area contributed by atoms with Gasteiger partial charge in [0.15, 0.2) is 5.78 Å². The zero-order valence-corrected chi connectivity index (χ0v) is 18.9. The summed E-state index contributed by atoms with van der Waals surface area (Å²) in [5, 5.41) is 4.32. The maximum atomic E-state index is 13.5. The lowest BCUT2D eigenvalue weighted by Crippen LogP contribution is -2.36. The van der Waals surface area contributed by atoms with E-state index in [-0.39, 0.29) is 17.1 Å². The van der Waals surface area contributed by atoms with E-state index in [1.54, 1.807) is 12.5 Å². The molecule has 0 atom stereocenters. The van der Waals surface area contributed by atoms with E-state index in [0.717, 1.165) is 65.5 Å². The fourth-order valence-electron chi connectivity index (χ4n) is 5.68. The molecule has 3 heterocycles. The Kier molecular flexibility index (Phi) is 5.13. The number of hydrogen-bond donors (Lipinski definition) is 3. The summed E-state index contributed by atoms with van der Waals surface area (Å²) in [6, 6.07) is 14.6. The SMILES string of the molecule is O=C(c1cccc2[nH]ccc12)C1CCC(Cc2c[nH]cn2)(c2ccc3c(c2)C=NC=CN3)CC1. The number of carbonyl (C=O) groups is 1. The maximum Gasteiger partial charge on any atom is 0.166 e. The van der Waals surface area contributed by atoms with E-state index in [1.807, 2.05) is 49.1 Å². The minimum Gasteiger partial charge on any atom is -0.361 e. The number of benzene rings is 2. The number of nitrogens with zero attached hydrogens (tertiary/aromatic N) is 2. The number of nitrogens with one attached hydrogen (secondary N) is 3. The fraction of sp³-hybridized carbons (Fsp3) is 0.250. The molecule has 6 nitrogen and oxygen atoms in total. The van der Waals surface area contributed by atoms with E-state index in [0.29, 0.717) is 0 Å². The number of aromatic amines is 2. The first-order valence-corrected chi connectivity index (χ1v) is 11.9. The molecule has 2 aromatic heterocycles. The lowest BCUT2D eigenvalue weighted by atomic mass is 9.63. The predicted octanol–water partition coefficient (Wildman–Crippen LogP) is 5.76. The lowest BCUT2D eigenvalue weighted by molar-refractivity contribution is 0.0859. The number of H-pyrrole nitrogens is 2. The molecule has 2 aromatic carbocycles. The van der Waals surface area contributed by atoms with E-state index < -0.39 is 0 Å². The summed E-state index contributed by atoms with van der Waals surface area (Å²) in [5.41, 5.74) is 6.29. The molecule has 0 spiro atoms. The molecule has 4 aromatic rings. The highest BCUT2D eigenvalue weighted by atomic mass is 16.1. The van der Waals surface area contributed by atoms with Gasteiger partial charge in [-0.05, 0) is 55.5 Å². The highest BCUT2D eigenvalue weighted by Gasteiger charge is 2.40. The van der Waals surface area contributed by atoms with E-state index >= 15 is 0 Å². The molecular formula is C28H27N5O. The first-order valence-electron chi connectivity index (χ1n) is 11.9. The molecule has 3 N–H and O–H groups in total. The van der Waals surface area contributed by atoms with Gasteiger partial charge in [-0.2, -0.15) is 0 Å². The van der Waals surface area contributed by atoms with Gasteiger partial charge in [0.25, 0.3) is 0 Å². The van der Waals surface area contributed by atoms with Crippen LogP contribution in [0.15, 0.2) is 78.6 Å². The van der Waals surface area contributed by atoms with Crippen molar-refractivity contribution in [2.45, 2.75) is 37.5 Å². The van der Waals surface area contributed by atoms with Crippen LogP contribution in [0.2, 0.25) is 0 Å². The van der Waals surface area contributed by atoms with Crippen molar-refractivity contribution in [3.8, 4) is 0 Å². The maximum absolute atomic E-state index is 13.5. The van der Waals surface area contributed by atoms with E-state index in [2.05, 4.69) is 43.5 Å². The van der Waals surface area contributed by atoms with Crippen LogP contribution >= 0.6 is 0 Å². The number of aromatic nitrogens is 3. The van der Waals surface area contributed by atoms with Gasteiger partial charge in [-0.1, -0.05) is 18.2 Å². The minimum atomic E-state index is -0.0608. The molecule has 1 saturated carbocycles. The molecule has 6 rings (SSSR count). The Morgan fingerprint density at radius 2 is 2.03 bits per heavy atom. The monoisotopic (exact) mass is 449 g/mol. The molecule has 34 heavy (non-hydrogen) atoms. The second-order valence-electron chi connectivity index (χ2n) is 9.44. The third-order valence-electron chi connectivity index (χ3n) is 7.53. The number of rotatable bonds is 5. The van der Waals surface area contributed by atoms with Gasteiger partial charge in [-0.15, -0.1) is 0 Å². The molecule has 170 valence electrons. The second kappa shape index (κ2) is 8.45. The highest BCUT2D eigenvalue weighted by molar-refractivity contribution is 6.08. The Hall–Kier alpha value is -3.93. The Morgan fingerprint density at radius 3 is 2.88 bits per heavy atom. The highest BCUT2D eigenvalue weighted by Crippen LogP contribution is 2.45. The van der Waals surface area contributed by atoms with Crippen LogP contribution in [-0.4, -0.2) is 26.9 Å². The van der Waals surface area contributed by atoms with Crippen molar-refractivity contribution in [2.75, 3.05) is 5.32 Å². The van der Waals surface area contributed by atoms with Crippen LogP contribution in [0, 0.1) is 5.92 Å². The van der Waals surface area contributed by atoms with Gasteiger partial charge < -0.3 is 15.3 Å². The molecule has 0 radical (unpaired) electrons. The topological polar surface area (TPSA) is 85.9 Å². The summed E-state index contributed by atoms with van der Waals surface area (Å²) in [5.74, 6) is 0.309. The molecule has 2 aliphatic rings. The molecule has 6 heteroatoms. The van der Waals surface area contributed by atoms with Crippen molar-refractivity contribution in [1.29, 1.82) is 0 Å². The fourth-order valence-corrected chi connectivity index (χ4v) is 5.68. The summed E-state index contributed by atoms with van der Waals surface area (Å²) in [7, 11) is 0. The van der Waals surface area contributed by atoms with Crippen LogP contribution in [0.3, 0.4) is 0 Å². The third-order valence-corrected chi connectivity index (χ3v) is 7.53. The number of carbonyl (C=O) groups excluding carboxylic acids is 1. The number of fused-ring (bicyclic) bond motifs is 2. The van der Waals surface area contributed by atoms with Crippen LogP contribution in [0.4, 0.5) is 5.69 Å². The summed E-state index contributed by atoms with van der Waals surface area (Å²) >= 11 is 0. The summed E-state index contributed by atoms with van der Waals surface area (Å²) in [4.78, 5) is 28.8. The smallest absolute Gasteiger partial charge is 0.166 e. The molecule has 0 amide bonds. The normalized spacial score (nSPS) is 21.7. The van der Waals surface area contributed by atoms with Crippen LogP contribution in [0.25, 0.3) is 10.9 Å². The largest absolute Gasteiger partial charge is 0.361 e. The van der Waals surface area contributed by atoms with Crippen molar-refractivity contribution in [3.05, 3.63) is 96.0 Å². The van der Waals surface area contributed by atoms with Crippen molar-refractivity contribution >= 4 is 28.6 Å². The zero-order chi connectivity index (χ0) is 23.0. The van der Waals surface area contributed by atoms with Crippen molar-refractivity contribution < 1.29 is 4.79 Å². The van der Waals surface area contributed by atoms with Crippen molar-refractivity contribution in [2.24, 2.45) is 10.9 Å². The third kappa shape index (κ3) is 3.65. The van der Waals surface area contributed by atoms with Gasteiger partial charge in [0, 0.05) is 76.5 Å². The van der Waals surface area contributed by atoms with Crippen LogP contribution in [-0.2, 0) is 11.8 Å². The summed E-state index contributed by atoms with van der Waals surface area (Å²) in [6.07, 6.45) is 15.6. The quantitative estimate of drug-likeness (QED) is 0.339. The molecule has 1 fully saturated rings. The Balaban J connectivity index is 1.30. The van der Waals surface area contributed by atoms with Gasteiger partial charge in [0.2, 0.25) is 0 Å². The molecular weight excluding hydrogens is 422 g/mol. The van der Waals surface area contributed by atoms with Gasteiger partial charge in [-0.3, -0.25) is 9.79 Å². The van der Waals surface area contributed by atoms with Crippen LogP contribution < -0.4 is 5.32 Å². The number of imidazole rings is 1. The zero-order valence-electron chi connectivity index (χ0n) is 18.9. The predicted molar refractivity (Wildman–Crippen MR) is 135 cm³/mol. The Bertz CT molecular complexity index is 1390. The molecule has 0 saturated heterocycles. The van der Waals surface area contributed by atoms with Gasteiger partial charge in [0.05, 0.1) is 12.0 Å². The number of hydrogen-bond acceptors (Lipinski definition) is 4. The number of ketones is 1. The van der Waals surface area contributed by atoms with Gasteiger partial charge >= 0.3 is 0 Å². The van der Waals surface area contributed by atoms with E-state index in [1.165, 1.54) is 5.56 Å². The summed E-state index contributed by atoms with van der Waals surface area (Å²) in [6.45, 7) is 0. The Morgan fingerprint density at radius 1 is 1.12 bits per heavy atom. The Labute approximate surface area is 198 Å². The van der Waals surface area contributed by atoms with Crippen LogP contribution in [0.1, 0.15) is 52.9 Å². The lowest BCUT2D eigenvalue weighted by Gasteiger charge is -2.40. The van der Waals surface area contributed by atoms with E-state index in [4.69, 9.17) is 0 Å². The van der Waals surface area contributed by atoms with Gasteiger partial charge in [-0.25, -0.2) is 4.98 Å². The summed E-state index contributed by atoms with van der Waals surface area (Å²) < 4.78 is 0. The van der Waals surface area contributed by atoms with Crippen molar-refractivity contribution in [3.63, 3.8) is 0 Å². The molecule has 1 aliphatic carbocycles. The second-order valence-corrected chi connectivity index (χ2v) is 9.44. The minimum absolute atomic E-state index is 0.0427. The van der Waals surface area contributed by atoms with E-state index in [9.17, 15) is 4.79 Å². The molecule has 1 aliphatic heterocycles. The average molecular weight is 450 g/mol. The molecule has 0 unspecified atom stereocenters. The number of aliphatic imine (C=N–C) groups is 1. The number of Topliss-reactive ketones (excluding diaryl/α,β-unsaturated/α-hetero) is 1. The average Bonchev–Trinajstić information content (AvgIpc) is 3.51. The first-order chi connectivity index (χ1) is 16.7. The molecule has 0 bridgehead atoms. The number of anilines is 1.